The largest absolute Gasteiger partial charge is 0.506 e. The summed E-state index contributed by atoms with van der Waals surface area (Å²) in [7, 11) is 0. The quantitative estimate of drug-likeness (QED) is 0.0914. The molecule has 6 atom stereocenters. The summed E-state index contributed by atoms with van der Waals surface area (Å²) in [6.45, 7) is 0.197. The molecule has 1 saturated carbocycles. The number of carbonyl (C=O) groups is 2. The van der Waals surface area contributed by atoms with E-state index in [4.69, 9.17) is 29.5 Å². The van der Waals surface area contributed by atoms with Crippen molar-refractivity contribution in [3.8, 4) is 12.1 Å². The summed E-state index contributed by atoms with van der Waals surface area (Å²) in [6.07, 6.45) is 1.31. The van der Waals surface area contributed by atoms with Crippen molar-refractivity contribution in [1.82, 2.24) is 29.2 Å². The number of carbonyl (C=O) groups excluding carboxylic acids is 2. The Morgan fingerprint density at radius 3 is 2.33 bits per heavy atom. The second-order valence-electron chi connectivity index (χ2n) is 13.2. The van der Waals surface area contributed by atoms with Gasteiger partial charge in [-0.05, 0) is 37.1 Å². The molecular weight excluding hydrogens is 708 g/mol. The van der Waals surface area contributed by atoms with Crippen molar-refractivity contribution in [3.63, 3.8) is 0 Å². The predicted molar refractivity (Wildman–Crippen MR) is 180 cm³/mol. The molecule has 54 heavy (non-hydrogen) atoms. The van der Waals surface area contributed by atoms with Gasteiger partial charge in [-0.1, -0.05) is 25.7 Å². The molecule has 1 saturated heterocycles. The van der Waals surface area contributed by atoms with Gasteiger partial charge in [-0.25, -0.2) is 24.5 Å². The zero-order chi connectivity index (χ0) is 38.2. The third kappa shape index (κ3) is 6.09. The molecule has 0 radical (unpaired) electrons. The van der Waals surface area contributed by atoms with Gasteiger partial charge in [-0.3, -0.25) is 14.4 Å². The first-order valence-corrected chi connectivity index (χ1v) is 17.2. The van der Waals surface area contributed by atoms with E-state index in [1.54, 1.807) is 6.07 Å². The minimum atomic E-state index is -2.21. The van der Waals surface area contributed by atoms with E-state index in [2.05, 4.69) is 31.7 Å². The van der Waals surface area contributed by atoms with E-state index >= 15 is 0 Å². The van der Waals surface area contributed by atoms with Crippen molar-refractivity contribution in [2.75, 3.05) is 24.4 Å². The van der Waals surface area contributed by atoms with Gasteiger partial charge in [0.1, 0.15) is 61.2 Å². The monoisotopic (exact) mass is 744 g/mol. The lowest BCUT2D eigenvalue weighted by molar-refractivity contribution is -0.156. The zero-order valence-electron chi connectivity index (χ0n) is 28.9. The molecule has 1 aliphatic carbocycles. The maximum atomic E-state index is 13.1. The van der Waals surface area contributed by atoms with Crippen LogP contribution in [0, 0.1) is 28.6 Å². The van der Waals surface area contributed by atoms with Crippen LogP contribution in [-0.4, -0.2) is 94.1 Å². The van der Waals surface area contributed by atoms with Gasteiger partial charge in [0.2, 0.25) is 11.2 Å². The highest BCUT2D eigenvalue weighted by atomic mass is 16.7. The third-order valence-electron chi connectivity index (χ3n) is 9.94. The fourth-order valence-electron chi connectivity index (χ4n) is 7.19. The van der Waals surface area contributed by atoms with Crippen molar-refractivity contribution in [3.05, 3.63) is 59.8 Å². The first-order chi connectivity index (χ1) is 26.0. The maximum absolute atomic E-state index is 13.1. The van der Waals surface area contributed by atoms with Crippen LogP contribution in [0.1, 0.15) is 56.8 Å². The highest BCUT2D eigenvalue weighted by molar-refractivity contribution is 5.72. The molecule has 3 aliphatic rings. The fourth-order valence-corrected chi connectivity index (χ4v) is 7.19. The van der Waals surface area contributed by atoms with Crippen LogP contribution in [0.3, 0.4) is 0 Å². The Morgan fingerprint density at radius 1 is 1.00 bits per heavy atom. The molecule has 0 bridgehead atoms. The maximum Gasteiger partial charge on any atom is 0.309 e. The first-order valence-electron chi connectivity index (χ1n) is 17.2. The van der Waals surface area contributed by atoms with E-state index in [1.807, 2.05) is 6.07 Å². The van der Waals surface area contributed by atoms with Crippen LogP contribution in [-0.2, 0) is 44.6 Å². The second kappa shape index (κ2) is 14.5. The number of aromatic nitrogens is 6. The highest BCUT2D eigenvalue weighted by Crippen LogP contribution is 2.43. The summed E-state index contributed by atoms with van der Waals surface area (Å²) in [4.78, 5) is 38.8. The third-order valence-corrected chi connectivity index (χ3v) is 9.94. The molecule has 0 amide bonds. The number of esters is 2. The van der Waals surface area contributed by atoms with Crippen LogP contribution in [0.5, 0.6) is 0 Å². The molecule has 6 N–H and O–H groups in total. The molecule has 2 aliphatic heterocycles. The van der Waals surface area contributed by atoms with Crippen LogP contribution in [0.15, 0.2) is 48.4 Å². The number of aliphatic hydroxyl groups excluding tert-OH is 3. The Bertz CT molecular complexity index is 2200. The topological polar surface area (TPSA) is 287 Å². The second-order valence-corrected chi connectivity index (χ2v) is 13.2. The summed E-state index contributed by atoms with van der Waals surface area (Å²) in [6, 6.07) is 9.99. The Balaban J connectivity index is 1.20. The van der Waals surface area contributed by atoms with E-state index < -0.39 is 59.9 Å². The summed E-state index contributed by atoms with van der Waals surface area (Å²) in [5, 5.41) is 62.8. The van der Waals surface area contributed by atoms with Crippen molar-refractivity contribution in [2.24, 2.45) is 5.92 Å². The Kier molecular flexibility index (Phi) is 9.79. The lowest BCUT2D eigenvalue weighted by atomic mass is 9.90. The fraction of sp³-hybridized carbons (Fsp3) is 0.471. The summed E-state index contributed by atoms with van der Waals surface area (Å²) < 4.78 is 25.1. The van der Waals surface area contributed by atoms with Crippen LogP contribution >= 0.6 is 0 Å². The highest BCUT2D eigenvalue weighted by Gasteiger charge is 2.60. The van der Waals surface area contributed by atoms with Gasteiger partial charge in [0.05, 0.1) is 17.3 Å². The summed E-state index contributed by atoms with van der Waals surface area (Å²) >= 11 is 0. The number of aliphatic hydroxyl groups is 3. The van der Waals surface area contributed by atoms with Crippen molar-refractivity contribution < 1.29 is 48.7 Å². The van der Waals surface area contributed by atoms with Crippen LogP contribution in [0.2, 0.25) is 0 Å². The number of fused-ring (bicyclic) bond motifs is 2. The molecule has 6 heterocycles. The van der Waals surface area contributed by atoms with E-state index in [1.165, 1.54) is 33.6 Å². The summed E-state index contributed by atoms with van der Waals surface area (Å²) in [5.41, 5.74) is 5.09. The Labute approximate surface area is 306 Å². The predicted octanol–water partition coefficient (Wildman–Crippen LogP) is 1.20. The number of anilines is 2. The average molecular weight is 745 g/mol. The SMILES string of the molecule is CC(=O)OC1=C(O)[C@@H](O)[C@](C#N)(c2ccc3c(NO[C@@H]4[C@H](O)[C@@H](COC(=O)C5CCCCCC5)O[C@@]4(C#N)c4ccc5c(N)ncnn45)ncnn23)OC1. The van der Waals surface area contributed by atoms with E-state index in [9.17, 15) is 35.4 Å². The number of nitriles is 2. The molecule has 0 aromatic carbocycles. The van der Waals surface area contributed by atoms with Gasteiger partial charge in [-0.2, -0.15) is 20.7 Å². The van der Waals surface area contributed by atoms with Crippen molar-refractivity contribution >= 4 is 34.6 Å². The van der Waals surface area contributed by atoms with Gasteiger partial charge in [-0.15, -0.1) is 0 Å². The van der Waals surface area contributed by atoms with Crippen LogP contribution in [0.25, 0.3) is 11.0 Å². The summed E-state index contributed by atoms with van der Waals surface area (Å²) in [5.74, 6) is -2.49. The molecule has 4 aromatic rings. The number of ether oxygens (including phenoxy) is 4. The number of nitrogens with zero attached hydrogens (tertiary/aromatic N) is 8. The molecule has 20 nitrogen and oxygen atoms in total. The minimum Gasteiger partial charge on any atom is -0.506 e. The number of nitrogens with two attached hydrogens (primary N) is 1. The van der Waals surface area contributed by atoms with E-state index in [-0.39, 0.29) is 46.8 Å². The van der Waals surface area contributed by atoms with Crippen LogP contribution < -0.4 is 11.2 Å². The molecule has 2 fully saturated rings. The van der Waals surface area contributed by atoms with Gasteiger partial charge in [0.25, 0.3) is 0 Å². The molecule has 7 rings (SSSR count). The van der Waals surface area contributed by atoms with Crippen molar-refractivity contribution in [2.45, 2.75) is 81.1 Å². The minimum absolute atomic E-state index is 0.0242. The molecular formula is C34H36N10O10. The van der Waals surface area contributed by atoms with Gasteiger partial charge in [0.15, 0.2) is 35.4 Å². The molecule has 282 valence electrons. The van der Waals surface area contributed by atoms with E-state index in [0.717, 1.165) is 38.9 Å². The first kappa shape index (κ1) is 36.5. The standard InChI is InChI=1S/C34H36N10O10/c1-18(45)52-22-13-51-33(14-35,28(48)26(22)46)24-11-9-21-31(39-17-41-44(21)24)42-54-29-27(47)23(12-50-32(49)19-6-4-2-3-5-7-19)53-34(29,15-36)25-10-8-20-30(37)38-16-40-43(20)25/h8-11,16-17,19,23,27-29,46-48H,2-7,12-13H2,1H3,(H2,37,38,40)(H,39,41,42)/t23-,27-,28-,29-,33+,34+/m1/s1. The van der Waals surface area contributed by atoms with Crippen LogP contribution in [0.4, 0.5) is 11.6 Å². The number of nitrogens with one attached hydrogen (secondary N) is 1. The zero-order valence-corrected chi connectivity index (χ0v) is 28.9. The molecule has 20 heteroatoms. The lowest BCUT2D eigenvalue weighted by Gasteiger charge is -2.35. The van der Waals surface area contributed by atoms with Gasteiger partial charge < -0.3 is 40.0 Å². The number of hydrogen-bond donors (Lipinski definition) is 5. The Morgan fingerprint density at radius 2 is 1.65 bits per heavy atom. The molecule has 0 unspecified atom stereocenters. The lowest BCUT2D eigenvalue weighted by Crippen LogP contribution is -2.47. The normalized spacial score (nSPS) is 27.6. The van der Waals surface area contributed by atoms with E-state index in [0.29, 0.717) is 18.4 Å². The van der Waals surface area contributed by atoms with Gasteiger partial charge in [0, 0.05) is 6.92 Å². The molecule has 4 aromatic heterocycles. The van der Waals surface area contributed by atoms with Crippen molar-refractivity contribution in [1.29, 1.82) is 10.5 Å². The molecule has 0 spiro atoms. The smallest absolute Gasteiger partial charge is 0.309 e. The van der Waals surface area contributed by atoms with Gasteiger partial charge >= 0.3 is 11.9 Å². The average Bonchev–Trinajstić information content (AvgIpc) is 3.80. The number of nitrogen functional groups attached to an aromatic ring is 1. The Hall–Kier alpha value is -5.90. The number of hydrogen-bond acceptors (Lipinski definition) is 18. The number of rotatable bonds is 9.